The van der Waals surface area contributed by atoms with Crippen LogP contribution in [0.3, 0.4) is 0 Å². The minimum atomic E-state index is -1.09. The maximum atomic E-state index is 12.3. The van der Waals surface area contributed by atoms with E-state index in [0.29, 0.717) is 17.9 Å². The van der Waals surface area contributed by atoms with Gasteiger partial charge < -0.3 is 20.5 Å². The second-order valence-electron chi connectivity index (χ2n) is 6.81. The van der Waals surface area contributed by atoms with Crippen molar-refractivity contribution in [1.29, 1.82) is 0 Å². The van der Waals surface area contributed by atoms with Gasteiger partial charge in [-0.05, 0) is 50.1 Å². The number of amides is 2. The first-order valence-electron chi connectivity index (χ1n) is 9.56. The zero-order valence-corrected chi connectivity index (χ0v) is 17.1. The fourth-order valence-electron chi connectivity index (χ4n) is 2.62. The number of hydrogen-bond donors (Lipinski definition) is 3. The van der Waals surface area contributed by atoms with E-state index in [4.69, 9.17) is 4.74 Å². The summed E-state index contributed by atoms with van der Waals surface area (Å²) < 4.78 is 5.39. The smallest absolute Gasteiger partial charge is 0.326 e. The summed E-state index contributed by atoms with van der Waals surface area (Å²) in [5.74, 6) is -1.89. The third kappa shape index (κ3) is 7.52. The molecule has 0 fully saturated rings. The van der Waals surface area contributed by atoms with Crippen molar-refractivity contribution >= 4 is 23.5 Å². The summed E-state index contributed by atoms with van der Waals surface area (Å²) in [6.45, 7) is 3.87. The van der Waals surface area contributed by atoms with Crippen molar-refractivity contribution in [3.05, 3.63) is 77.4 Å². The molecule has 0 aliphatic rings. The lowest BCUT2D eigenvalue weighted by atomic mass is 10.1. The Morgan fingerprint density at radius 1 is 1.07 bits per heavy atom. The number of allylic oxidation sites excluding steroid dienone is 1. The van der Waals surface area contributed by atoms with E-state index in [-0.39, 0.29) is 18.9 Å². The number of ether oxygens (including phenoxy) is 1. The second kappa shape index (κ2) is 11.5. The van der Waals surface area contributed by atoms with Gasteiger partial charge in [0.15, 0.2) is 0 Å². The first-order chi connectivity index (χ1) is 14.4. The Bertz CT molecular complexity index is 892. The van der Waals surface area contributed by atoms with Crippen molar-refractivity contribution in [2.75, 3.05) is 11.9 Å². The Labute approximate surface area is 175 Å². The highest BCUT2D eigenvalue weighted by Crippen LogP contribution is 2.11. The van der Waals surface area contributed by atoms with E-state index in [0.717, 1.165) is 11.1 Å². The van der Waals surface area contributed by atoms with E-state index in [1.165, 1.54) is 12.1 Å². The molecule has 0 bridgehead atoms. The van der Waals surface area contributed by atoms with Gasteiger partial charge in [0, 0.05) is 11.3 Å². The van der Waals surface area contributed by atoms with Gasteiger partial charge >= 0.3 is 5.97 Å². The van der Waals surface area contributed by atoms with Crippen LogP contribution < -0.4 is 10.6 Å². The summed E-state index contributed by atoms with van der Waals surface area (Å²) in [6, 6.07) is 14.7. The number of benzene rings is 2. The van der Waals surface area contributed by atoms with Gasteiger partial charge in [-0.3, -0.25) is 9.59 Å². The fraction of sp³-hybridized carbons (Fsp3) is 0.261. The number of aliphatic carboxylic acids is 1. The molecule has 0 radical (unpaired) electrons. The van der Waals surface area contributed by atoms with Crippen LogP contribution in [0.1, 0.15) is 36.2 Å². The molecule has 158 valence electrons. The predicted octanol–water partition coefficient (Wildman–Crippen LogP) is 3.38. The molecule has 1 unspecified atom stereocenters. The molecule has 2 aromatic carbocycles. The van der Waals surface area contributed by atoms with E-state index >= 15 is 0 Å². The Morgan fingerprint density at radius 2 is 1.73 bits per heavy atom. The molecule has 2 aromatic rings. The Morgan fingerprint density at radius 3 is 2.33 bits per heavy atom. The summed E-state index contributed by atoms with van der Waals surface area (Å²) in [4.78, 5) is 35.7. The number of carboxylic acid groups (broad SMARTS) is 1. The molecule has 2 rings (SSSR count). The van der Waals surface area contributed by atoms with Crippen LogP contribution in [0, 0.1) is 0 Å². The molecule has 3 N–H and O–H groups in total. The van der Waals surface area contributed by atoms with Gasteiger partial charge in [-0.2, -0.15) is 0 Å². The van der Waals surface area contributed by atoms with Crippen molar-refractivity contribution in [1.82, 2.24) is 5.32 Å². The van der Waals surface area contributed by atoms with Crippen molar-refractivity contribution in [2.45, 2.75) is 32.9 Å². The van der Waals surface area contributed by atoms with E-state index in [1.807, 2.05) is 50.3 Å². The molecule has 30 heavy (non-hydrogen) atoms. The normalized spacial score (nSPS) is 12.1. The molecule has 0 heterocycles. The third-order valence-corrected chi connectivity index (χ3v) is 4.40. The molecule has 1 atom stereocenters. The van der Waals surface area contributed by atoms with Crippen LogP contribution in [0.15, 0.2) is 66.2 Å². The van der Waals surface area contributed by atoms with Crippen LogP contribution in [-0.4, -0.2) is 35.5 Å². The molecule has 0 saturated carbocycles. The molecule has 0 spiro atoms. The number of nitrogens with one attached hydrogen (secondary N) is 2. The maximum absolute atomic E-state index is 12.3. The Hall–Kier alpha value is -3.45. The Kier molecular flexibility index (Phi) is 8.77. The van der Waals surface area contributed by atoms with Crippen molar-refractivity contribution in [2.24, 2.45) is 0 Å². The highest BCUT2D eigenvalue weighted by molar-refractivity contribution is 5.97. The number of rotatable bonds is 10. The highest BCUT2D eigenvalue weighted by atomic mass is 16.5. The lowest BCUT2D eigenvalue weighted by molar-refractivity contribution is -0.139. The van der Waals surface area contributed by atoms with Crippen LogP contribution in [-0.2, 0) is 20.9 Å². The van der Waals surface area contributed by atoms with Crippen molar-refractivity contribution in [3.8, 4) is 0 Å². The van der Waals surface area contributed by atoms with Crippen LogP contribution >= 0.6 is 0 Å². The van der Waals surface area contributed by atoms with Gasteiger partial charge in [-0.25, -0.2) is 4.79 Å². The Balaban J connectivity index is 1.85. The number of carboxylic acids is 1. The lowest BCUT2D eigenvalue weighted by Crippen LogP contribution is -2.40. The summed E-state index contributed by atoms with van der Waals surface area (Å²) in [7, 11) is 0. The zero-order valence-electron chi connectivity index (χ0n) is 17.1. The van der Waals surface area contributed by atoms with E-state index in [1.54, 1.807) is 12.1 Å². The molecule has 0 aliphatic heterocycles. The SMILES string of the molecule is CC=C(C)CC(NC(=O)c1ccc(NC(=O)COCc2ccccc2)cc1)C(=O)O. The summed E-state index contributed by atoms with van der Waals surface area (Å²) in [5, 5.41) is 14.5. The number of carbonyl (C=O) groups is 3. The van der Waals surface area contributed by atoms with Gasteiger partial charge in [0.25, 0.3) is 5.91 Å². The third-order valence-electron chi connectivity index (χ3n) is 4.40. The van der Waals surface area contributed by atoms with Gasteiger partial charge in [-0.15, -0.1) is 0 Å². The number of carbonyl (C=O) groups excluding carboxylic acids is 2. The van der Waals surface area contributed by atoms with Gasteiger partial charge in [0.1, 0.15) is 12.6 Å². The minimum absolute atomic E-state index is 0.0955. The molecular formula is C23H26N2O5. The van der Waals surface area contributed by atoms with Crippen molar-refractivity contribution in [3.63, 3.8) is 0 Å². The van der Waals surface area contributed by atoms with Crippen LogP contribution in [0.25, 0.3) is 0 Å². The molecule has 7 nitrogen and oxygen atoms in total. The summed E-state index contributed by atoms with van der Waals surface area (Å²) >= 11 is 0. The first kappa shape index (κ1) is 22.8. The van der Waals surface area contributed by atoms with Crippen LogP contribution in [0.4, 0.5) is 5.69 Å². The summed E-state index contributed by atoms with van der Waals surface area (Å²) in [5.41, 5.74) is 2.66. The van der Waals surface area contributed by atoms with E-state index in [2.05, 4.69) is 10.6 Å². The van der Waals surface area contributed by atoms with E-state index < -0.39 is 17.9 Å². The number of hydrogen-bond acceptors (Lipinski definition) is 4. The van der Waals surface area contributed by atoms with Gasteiger partial charge in [0.05, 0.1) is 6.61 Å². The largest absolute Gasteiger partial charge is 0.480 e. The standard InChI is InChI=1S/C23H26N2O5/c1-3-16(2)13-20(23(28)29)25-22(27)18-9-11-19(12-10-18)24-21(26)15-30-14-17-7-5-4-6-8-17/h3-12,20H,13-15H2,1-2H3,(H,24,26)(H,25,27)(H,28,29). The van der Waals surface area contributed by atoms with Crippen LogP contribution in [0.5, 0.6) is 0 Å². The van der Waals surface area contributed by atoms with Gasteiger partial charge in [-0.1, -0.05) is 42.0 Å². The average Bonchev–Trinajstić information content (AvgIpc) is 2.74. The molecular weight excluding hydrogens is 384 g/mol. The van der Waals surface area contributed by atoms with Gasteiger partial charge in [0.2, 0.25) is 5.91 Å². The molecule has 0 aromatic heterocycles. The predicted molar refractivity (Wildman–Crippen MR) is 114 cm³/mol. The quantitative estimate of drug-likeness (QED) is 0.521. The molecule has 2 amide bonds. The second-order valence-corrected chi connectivity index (χ2v) is 6.81. The van der Waals surface area contributed by atoms with E-state index in [9.17, 15) is 19.5 Å². The lowest BCUT2D eigenvalue weighted by Gasteiger charge is -2.15. The topological polar surface area (TPSA) is 105 Å². The maximum Gasteiger partial charge on any atom is 0.326 e. The first-order valence-corrected chi connectivity index (χ1v) is 9.56. The van der Waals surface area contributed by atoms with Crippen LogP contribution in [0.2, 0.25) is 0 Å². The average molecular weight is 410 g/mol. The molecule has 0 saturated heterocycles. The minimum Gasteiger partial charge on any atom is -0.480 e. The molecule has 0 aliphatic carbocycles. The zero-order chi connectivity index (χ0) is 21.9. The number of anilines is 1. The van der Waals surface area contributed by atoms with Crippen molar-refractivity contribution < 1.29 is 24.2 Å². The monoisotopic (exact) mass is 410 g/mol. The molecule has 7 heteroatoms. The highest BCUT2D eigenvalue weighted by Gasteiger charge is 2.20. The summed E-state index contributed by atoms with van der Waals surface area (Å²) in [6.07, 6.45) is 2.04. The fourth-order valence-corrected chi connectivity index (χ4v) is 2.62.